The predicted octanol–water partition coefficient (Wildman–Crippen LogP) is 4.68. The highest BCUT2D eigenvalue weighted by molar-refractivity contribution is 14.1. The molecular formula is C19H26IN3O2. The Morgan fingerprint density at radius 2 is 2.08 bits per heavy atom. The summed E-state index contributed by atoms with van der Waals surface area (Å²) in [4.78, 5) is 14.2. The van der Waals surface area contributed by atoms with Crippen LogP contribution in [0.2, 0.25) is 0 Å². The standard InChI is InChI=1S/C19H26IN3O2/c1-12-10-14(8-9-23(12)18(24)25-19(2,3)4)13-6-7-15-16(11-13)22(5)21-17(15)20/h6-7,11-12,14H,8-10H2,1-5H3/t12-,14?/m0/s1. The van der Waals surface area contributed by atoms with E-state index in [0.29, 0.717) is 5.92 Å². The number of ether oxygens (including phenoxy) is 1. The average molecular weight is 455 g/mol. The summed E-state index contributed by atoms with van der Waals surface area (Å²) in [6.45, 7) is 8.58. The second-order valence-corrected chi connectivity index (χ2v) is 8.96. The van der Waals surface area contributed by atoms with Crippen LogP contribution in [0.5, 0.6) is 0 Å². The summed E-state index contributed by atoms with van der Waals surface area (Å²) in [6.07, 6.45) is 1.72. The molecule has 1 aromatic carbocycles. The summed E-state index contributed by atoms with van der Waals surface area (Å²) in [5.74, 6) is 0.464. The second kappa shape index (κ2) is 6.78. The van der Waals surface area contributed by atoms with Gasteiger partial charge in [0.25, 0.3) is 0 Å². The molecule has 6 heteroatoms. The maximum absolute atomic E-state index is 12.4. The van der Waals surface area contributed by atoms with Gasteiger partial charge >= 0.3 is 6.09 Å². The van der Waals surface area contributed by atoms with E-state index in [9.17, 15) is 4.79 Å². The third kappa shape index (κ3) is 3.93. The molecule has 0 bridgehead atoms. The fourth-order valence-corrected chi connectivity index (χ4v) is 4.33. The largest absolute Gasteiger partial charge is 0.444 e. The van der Waals surface area contributed by atoms with Gasteiger partial charge in [0, 0.05) is 25.0 Å². The summed E-state index contributed by atoms with van der Waals surface area (Å²) in [5.41, 5.74) is 2.06. The van der Waals surface area contributed by atoms with Crippen LogP contribution in [0.1, 0.15) is 52.0 Å². The van der Waals surface area contributed by atoms with Crippen molar-refractivity contribution in [3.05, 3.63) is 27.5 Å². The van der Waals surface area contributed by atoms with Crippen LogP contribution in [0.15, 0.2) is 18.2 Å². The highest BCUT2D eigenvalue weighted by atomic mass is 127. The van der Waals surface area contributed by atoms with E-state index in [4.69, 9.17) is 4.74 Å². The Balaban J connectivity index is 1.75. The van der Waals surface area contributed by atoms with Crippen molar-refractivity contribution >= 4 is 39.6 Å². The molecule has 1 aliphatic rings. The molecule has 3 rings (SSSR count). The Kier molecular flexibility index (Phi) is 5.01. The Morgan fingerprint density at radius 3 is 2.72 bits per heavy atom. The van der Waals surface area contributed by atoms with Crippen LogP contribution < -0.4 is 0 Å². The number of aryl methyl sites for hydroxylation is 1. The van der Waals surface area contributed by atoms with E-state index in [1.54, 1.807) is 0 Å². The molecule has 5 nitrogen and oxygen atoms in total. The van der Waals surface area contributed by atoms with Crippen LogP contribution in [-0.2, 0) is 11.8 Å². The molecule has 1 aliphatic heterocycles. The van der Waals surface area contributed by atoms with Gasteiger partial charge in [-0.1, -0.05) is 6.07 Å². The third-order valence-corrected chi connectivity index (χ3v) is 5.60. The second-order valence-electron chi connectivity index (χ2n) is 7.94. The number of nitrogens with zero attached hydrogens (tertiary/aromatic N) is 3. The lowest BCUT2D eigenvalue weighted by atomic mass is 9.85. The first kappa shape index (κ1) is 18.5. The van der Waals surface area contributed by atoms with E-state index in [-0.39, 0.29) is 12.1 Å². The highest BCUT2D eigenvalue weighted by Gasteiger charge is 2.32. The molecule has 1 saturated heterocycles. The predicted molar refractivity (Wildman–Crippen MR) is 108 cm³/mol. The average Bonchev–Trinajstić information content (AvgIpc) is 2.79. The number of carbonyl (C=O) groups excluding carboxylic acids is 1. The minimum absolute atomic E-state index is 0.177. The number of rotatable bonds is 1. The summed E-state index contributed by atoms with van der Waals surface area (Å²) < 4.78 is 8.52. The lowest BCUT2D eigenvalue weighted by Gasteiger charge is -2.38. The molecular weight excluding hydrogens is 429 g/mol. The first-order valence-electron chi connectivity index (χ1n) is 8.77. The molecule has 0 aliphatic carbocycles. The third-order valence-electron chi connectivity index (χ3n) is 4.81. The molecule has 1 aromatic heterocycles. The maximum Gasteiger partial charge on any atom is 0.410 e. The molecule has 2 atom stereocenters. The molecule has 0 saturated carbocycles. The molecule has 25 heavy (non-hydrogen) atoms. The summed E-state index contributed by atoms with van der Waals surface area (Å²) in [5, 5.41) is 5.69. The Morgan fingerprint density at radius 1 is 1.36 bits per heavy atom. The van der Waals surface area contributed by atoms with Crippen molar-refractivity contribution in [2.24, 2.45) is 7.05 Å². The number of piperidine rings is 1. The van der Waals surface area contributed by atoms with Crippen LogP contribution in [0.3, 0.4) is 0 Å². The first-order chi connectivity index (χ1) is 11.7. The molecule has 0 spiro atoms. The molecule has 0 N–H and O–H groups in total. The van der Waals surface area contributed by atoms with Crippen LogP contribution in [0.25, 0.3) is 10.9 Å². The maximum atomic E-state index is 12.4. The fraction of sp³-hybridized carbons (Fsp3) is 0.579. The minimum atomic E-state index is -0.449. The number of aromatic nitrogens is 2. The van der Waals surface area contributed by atoms with E-state index < -0.39 is 5.60 Å². The lowest BCUT2D eigenvalue weighted by Crippen LogP contribution is -2.46. The van der Waals surface area contributed by atoms with Crippen LogP contribution in [0, 0.1) is 3.70 Å². The van der Waals surface area contributed by atoms with Gasteiger partial charge in [0.2, 0.25) is 0 Å². The van der Waals surface area contributed by atoms with E-state index in [1.807, 2.05) is 37.4 Å². The zero-order valence-corrected chi connectivity index (χ0v) is 17.7. The summed E-state index contributed by atoms with van der Waals surface area (Å²) in [7, 11) is 1.99. The summed E-state index contributed by atoms with van der Waals surface area (Å²) in [6, 6.07) is 6.82. The van der Waals surface area contributed by atoms with Crippen LogP contribution in [-0.4, -0.2) is 39.0 Å². The van der Waals surface area contributed by atoms with Gasteiger partial charge in [-0.15, -0.1) is 0 Å². The SMILES string of the molecule is C[C@H]1CC(c2ccc3c(I)nn(C)c3c2)CCN1C(=O)OC(C)(C)C. The number of hydrogen-bond donors (Lipinski definition) is 0. The number of carbonyl (C=O) groups is 1. The number of likely N-dealkylation sites (tertiary alicyclic amines) is 1. The van der Waals surface area contributed by atoms with Crippen molar-refractivity contribution in [1.82, 2.24) is 14.7 Å². The number of amides is 1. The van der Waals surface area contributed by atoms with E-state index in [1.165, 1.54) is 16.5 Å². The number of benzene rings is 1. The Bertz CT molecular complexity index is 794. The van der Waals surface area contributed by atoms with Crippen molar-refractivity contribution in [3.63, 3.8) is 0 Å². The smallest absolute Gasteiger partial charge is 0.410 e. The van der Waals surface area contributed by atoms with E-state index in [0.717, 1.165) is 23.1 Å². The molecule has 1 fully saturated rings. The zero-order chi connectivity index (χ0) is 18.4. The van der Waals surface area contributed by atoms with Gasteiger partial charge in [-0.25, -0.2) is 4.79 Å². The first-order valence-corrected chi connectivity index (χ1v) is 9.85. The monoisotopic (exact) mass is 455 g/mol. The van der Waals surface area contributed by atoms with Crippen molar-refractivity contribution in [3.8, 4) is 0 Å². The number of fused-ring (bicyclic) bond motifs is 1. The highest BCUT2D eigenvalue weighted by Crippen LogP contribution is 2.34. The molecule has 2 heterocycles. The lowest BCUT2D eigenvalue weighted by molar-refractivity contribution is 0.0104. The Hall–Kier alpha value is -1.31. The molecule has 136 valence electrons. The van der Waals surface area contributed by atoms with Gasteiger partial charge < -0.3 is 9.64 Å². The number of hydrogen-bond acceptors (Lipinski definition) is 3. The van der Waals surface area contributed by atoms with Crippen molar-refractivity contribution in [2.45, 2.75) is 58.1 Å². The Labute approximate surface area is 162 Å². The molecule has 1 amide bonds. The van der Waals surface area contributed by atoms with E-state index >= 15 is 0 Å². The molecule has 0 radical (unpaired) electrons. The normalized spacial score (nSPS) is 21.6. The number of halogens is 1. The topological polar surface area (TPSA) is 47.4 Å². The van der Waals surface area contributed by atoms with Gasteiger partial charge in [-0.3, -0.25) is 4.68 Å². The van der Waals surface area contributed by atoms with Crippen LogP contribution >= 0.6 is 22.6 Å². The van der Waals surface area contributed by atoms with Gasteiger partial charge in [-0.05, 0) is 86.7 Å². The zero-order valence-electron chi connectivity index (χ0n) is 15.5. The van der Waals surface area contributed by atoms with Gasteiger partial charge in [0.05, 0.1) is 5.52 Å². The quantitative estimate of drug-likeness (QED) is 0.587. The summed E-state index contributed by atoms with van der Waals surface area (Å²) >= 11 is 2.28. The van der Waals surface area contributed by atoms with Gasteiger partial charge in [0.15, 0.2) is 0 Å². The van der Waals surface area contributed by atoms with E-state index in [2.05, 4.69) is 52.8 Å². The van der Waals surface area contributed by atoms with Crippen molar-refractivity contribution in [1.29, 1.82) is 0 Å². The van der Waals surface area contributed by atoms with Gasteiger partial charge in [0.1, 0.15) is 9.30 Å². The molecule has 1 unspecified atom stereocenters. The molecule has 2 aromatic rings. The minimum Gasteiger partial charge on any atom is -0.444 e. The fourth-order valence-electron chi connectivity index (χ4n) is 3.55. The van der Waals surface area contributed by atoms with Crippen LogP contribution in [0.4, 0.5) is 4.79 Å². The van der Waals surface area contributed by atoms with Crippen molar-refractivity contribution in [2.75, 3.05) is 6.54 Å². The van der Waals surface area contributed by atoms with Crippen molar-refractivity contribution < 1.29 is 9.53 Å². The van der Waals surface area contributed by atoms with Gasteiger partial charge in [-0.2, -0.15) is 5.10 Å².